The highest BCUT2D eigenvalue weighted by atomic mass is 16.3. The number of hydrogen-bond donors (Lipinski definition) is 2. The van der Waals surface area contributed by atoms with Crippen molar-refractivity contribution >= 4 is 17.8 Å². The molecule has 1 aromatic carbocycles. The summed E-state index contributed by atoms with van der Waals surface area (Å²) in [5, 5.41) is 10.0. The fourth-order valence-corrected chi connectivity index (χ4v) is 2.17. The number of fused-ring (bicyclic) bond motifs is 1. The van der Waals surface area contributed by atoms with Crippen LogP contribution in [0.3, 0.4) is 0 Å². The van der Waals surface area contributed by atoms with Crippen molar-refractivity contribution in [1.29, 1.82) is 0 Å². The number of Topliss-reactive ketones (excluding diaryl/α,β-unsaturated/α-hetero) is 1. The van der Waals surface area contributed by atoms with Gasteiger partial charge in [0.25, 0.3) is 0 Å². The van der Waals surface area contributed by atoms with E-state index in [9.17, 15) is 9.90 Å². The van der Waals surface area contributed by atoms with E-state index in [0.717, 1.165) is 5.69 Å². The third kappa shape index (κ3) is 2.14. The van der Waals surface area contributed by atoms with E-state index in [0.29, 0.717) is 24.1 Å². The molecule has 0 amide bonds. The van der Waals surface area contributed by atoms with Crippen molar-refractivity contribution in [1.82, 2.24) is 9.97 Å². The van der Waals surface area contributed by atoms with Crippen LogP contribution < -0.4 is 0 Å². The first kappa shape index (κ1) is 12.3. The number of aliphatic imine (C=N–C) groups is 1. The second-order valence-electron chi connectivity index (χ2n) is 4.50. The molecule has 5 heteroatoms. The summed E-state index contributed by atoms with van der Waals surface area (Å²) in [6.45, 7) is 0.530. The fraction of sp³-hybridized carbons (Fsp3) is 0.133. The van der Waals surface area contributed by atoms with Gasteiger partial charge in [-0.15, -0.1) is 0 Å². The maximum absolute atomic E-state index is 12.1. The molecule has 2 aromatic rings. The molecular weight excluding hydrogens is 254 g/mol. The minimum absolute atomic E-state index is 0.0101. The van der Waals surface area contributed by atoms with E-state index in [2.05, 4.69) is 15.0 Å². The van der Waals surface area contributed by atoms with Crippen LogP contribution >= 0.6 is 0 Å². The van der Waals surface area contributed by atoms with Gasteiger partial charge in [-0.05, 0) is 0 Å². The van der Waals surface area contributed by atoms with Crippen molar-refractivity contribution in [2.45, 2.75) is 6.42 Å². The number of aromatic amines is 1. The van der Waals surface area contributed by atoms with Crippen LogP contribution in [-0.2, 0) is 6.42 Å². The molecule has 0 bridgehead atoms. The second-order valence-corrected chi connectivity index (χ2v) is 4.50. The monoisotopic (exact) mass is 267 g/mol. The molecule has 1 heterocycles. The van der Waals surface area contributed by atoms with Crippen LogP contribution in [0.5, 0.6) is 0 Å². The summed E-state index contributed by atoms with van der Waals surface area (Å²) in [6.07, 6.45) is 5.52. The summed E-state index contributed by atoms with van der Waals surface area (Å²) in [6, 6.07) is 7.01. The van der Waals surface area contributed by atoms with Gasteiger partial charge < -0.3 is 10.1 Å². The standard InChI is InChI=1S/C15H13N3O2/c19-14-11-3-1-2-4-12(11)15(20)13(14)8-16-6-5-10-7-17-9-18-10/h1-4,7-9,19H,5-6H2,(H,17,18). The number of imidazole rings is 1. The van der Waals surface area contributed by atoms with Crippen LogP contribution in [0, 0.1) is 0 Å². The van der Waals surface area contributed by atoms with Crippen molar-refractivity contribution in [3.05, 3.63) is 59.2 Å². The molecule has 0 saturated carbocycles. The highest BCUT2D eigenvalue weighted by molar-refractivity contribution is 6.30. The Morgan fingerprint density at radius 1 is 1.30 bits per heavy atom. The van der Waals surface area contributed by atoms with Gasteiger partial charge in [-0.25, -0.2) is 4.98 Å². The van der Waals surface area contributed by atoms with Gasteiger partial charge in [0.05, 0.1) is 11.9 Å². The predicted octanol–water partition coefficient (Wildman–Crippen LogP) is 2.19. The SMILES string of the molecule is O=C1C(C=NCCc2cnc[nH]2)=C(O)c2ccccc21. The van der Waals surface area contributed by atoms with E-state index in [1.54, 1.807) is 36.8 Å². The number of aliphatic hydroxyl groups is 1. The van der Waals surface area contributed by atoms with Crippen molar-refractivity contribution in [2.75, 3.05) is 6.54 Å². The van der Waals surface area contributed by atoms with E-state index in [1.807, 2.05) is 0 Å². The van der Waals surface area contributed by atoms with E-state index < -0.39 is 0 Å². The second kappa shape index (κ2) is 5.13. The molecule has 5 nitrogen and oxygen atoms in total. The molecule has 0 fully saturated rings. The van der Waals surface area contributed by atoms with Crippen molar-refractivity contribution in [2.24, 2.45) is 4.99 Å². The Hall–Kier alpha value is -2.69. The van der Waals surface area contributed by atoms with Gasteiger partial charge >= 0.3 is 0 Å². The number of nitrogens with zero attached hydrogens (tertiary/aromatic N) is 2. The first-order chi connectivity index (χ1) is 9.77. The Kier molecular flexibility index (Phi) is 3.16. The molecule has 0 atom stereocenters. The largest absolute Gasteiger partial charge is 0.506 e. The molecule has 1 aromatic heterocycles. The maximum Gasteiger partial charge on any atom is 0.199 e. The fourth-order valence-electron chi connectivity index (χ4n) is 2.17. The van der Waals surface area contributed by atoms with Gasteiger partial charge in [-0.2, -0.15) is 0 Å². The Morgan fingerprint density at radius 3 is 2.80 bits per heavy atom. The number of hydrogen-bond acceptors (Lipinski definition) is 4. The van der Waals surface area contributed by atoms with Gasteiger partial charge in [0, 0.05) is 42.2 Å². The number of aromatic nitrogens is 2. The molecule has 0 unspecified atom stereocenters. The number of benzene rings is 1. The van der Waals surface area contributed by atoms with E-state index in [-0.39, 0.29) is 17.1 Å². The number of ketones is 1. The summed E-state index contributed by atoms with van der Waals surface area (Å²) in [5.41, 5.74) is 2.35. The molecule has 20 heavy (non-hydrogen) atoms. The molecule has 1 aliphatic carbocycles. The van der Waals surface area contributed by atoms with E-state index in [4.69, 9.17) is 0 Å². The summed E-state index contributed by atoms with van der Waals surface area (Å²) in [7, 11) is 0. The van der Waals surface area contributed by atoms with Crippen molar-refractivity contribution in [3.8, 4) is 0 Å². The summed E-state index contributed by atoms with van der Waals surface area (Å²) in [5.74, 6) is -0.167. The van der Waals surface area contributed by atoms with E-state index >= 15 is 0 Å². The van der Waals surface area contributed by atoms with Gasteiger partial charge in [-0.1, -0.05) is 24.3 Å². The predicted molar refractivity (Wildman–Crippen MR) is 76.0 cm³/mol. The first-order valence-electron chi connectivity index (χ1n) is 6.32. The highest BCUT2D eigenvalue weighted by Crippen LogP contribution is 2.29. The van der Waals surface area contributed by atoms with Gasteiger partial charge in [0.15, 0.2) is 5.78 Å². The number of allylic oxidation sites excluding steroid dienone is 1. The minimum atomic E-state index is -0.177. The van der Waals surface area contributed by atoms with Crippen LogP contribution in [0.1, 0.15) is 21.6 Å². The third-order valence-electron chi connectivity index (χ3n) is 3.21. The normalized spacial score (nSPS) is 14.3. The first-order valence-corrected chi connectivity index (χ1v) is 6.32. The zero-order chi connectivity index (χ0) is 13.9. The Morgan fingerprint density at radius 2 is 2.10 bits per heavy atom. The van der Waals surface area contributed by atoms with Gasteiger partial charge in [0.2, 0.25) is 0 Å². The van der Waals surface area contributed by atoms with Crippen LogP contribution in [-0.4, -0.2) is 33.6 Å². The number of carbonyl (C=O) groups excluding carboxylic acids is 1. The molecule has 0 aliphatic heterocycles. The van der Waals surface area contributed by atoms with E-state index in [1.165, 1.54) is 6.21 Å². The number of carbonyl (C=O) groups is 1. The summed E-state index contributed by atoms with van der Waals surface area (Å²) in [4.78, 5) is 23.2. The lowest BCUT2D eigenvalue weighted by Gasteiger charge is -1.95. The quantitative estimate of drug-likeness (QED) is 0.833. The molecule has 0 radical (unpaired) electrons. The Labute approximate surface area is 115 Å². The smallest absolute Gasteiger partial charge is 0.199 e. The van der Waals surface area contributed by atoms with Crippen LogP contribution in [0.4, 0.5) is 0 Å². The topological polar surface area (TPSA) is 78.3 Å². The summed E-state index contributed by atoms with van der Waals surface area (Å²) >= 11 is 0. The third-order valence-corrected chi connectivity index (χ3v) is 3.21. The van der Waals surface area contributed by atoms with Crippen LogP contribution in [0.2, 0.25) is 0 Å². The highest BCUT2D eigenvalue weighted by Gasteiger charge is 2.27. The zero-order valence-electron chi connectivity index (χ0n) is 10.7. The molecule has 100 valence electrons. The molecule has 0 spiro atoms. The zero-order valence-corrected chi connectivity index (χ0v) is 10.7. The van der Waals surface area contributed by atoms with Crippen LogP contribution in [0.15, 0.2) is 47.4 Å². The number of nitrogens with one attached hydrogen (secondary N) is 1. The minimum Gasteiger partial charge on any atom is -0.506 e. The Bertz CT molecular complexity index is 700. The average molecular weight is 267 g/mol. The van der Waals surface area contributed by atoms with Gasteiger partial charge in [0.1, 0.15) is 5.76 Å². The number of rotatable bonds is 4. The lowest BCUT2D eigenvalue weighted by molar-refractivity contribution is 0.104. The lowest BCUT2D eigenvalue weighted by atomic mass is 10.1. The van der Waals surface area contributed by atoms with Crippen molar-refractivity contribution in [3.63, 3.8) is 0 Å². The molecule has 3 rings (SSSR count). The summed E-state index contributed by atoms with van der Waals surface area (Å²) < 4.78 is 0. The number of aliphatic hydroxyl groups excluding tert-OH is 1. The molecular formula is C15H13N3O2. The maximum atomic E-state index is 12.1. The lowest BCUT2D eigenvalue weighted by Crippen LogP contribution is -2.01. The molecule has 0 saturated heterocycles. The van der Waals surface area contributed by atoms with Crippen molar-refractivity contribution < 1.29 is 9.90 Å². The average Bonchev–Trinajstić information content (AvgIpc) is 3.06. The van der Waals surface area contributed by atoms with Crippen LogP contribution in [0.25, 0.3) is 5.76 Å². The number of H-pyrrole nitrogens is 1. The molecule has 2 N–H and O–H groups in total. The Balaban J connectivity index is 1.72. The molecule has 1 aliphatic rings. The van der Waals surface area contributed by atoms with Gasteiger partial charge in [-0.3, -0.25) is 9.79 Å².